The van der Waals surface area contributed by atoms with Gasteiger partial charge in [-0.25, -0.2) is 0 Å². The lowest BCUT2D eigenvalue weighted by molar-refractivity contribution is -0.128. The molecule has 0 spiro atoms. The molecule has 25 heavy (non-hydrogen) atoms. The number of rotatable bonds is 16. The lowest BCUT2D eigenvalue weighted by Crippen LogP contribution is -2.36. The highest BCUT2D eigenvalue weighted by atomic mass is 16.6. The second-order valence-electron chi connectivity index (χ2n) is 7.49. The van der Waals surface area contributed by atoms with Gasteiger partial charge in [-0.3, -0.25) is 4.79 Å². The summed E-state index contributed by atoms with van der Waals surface area (Å²) in [6, 6.07) is 0. The van der Waals surface area contributed by atoms with E-state index in [1.807, 2.05) is 20.8 Å². The maximum atomic E-state index is 11.6. The number of carbonyl (C=O) groups is 1. The summed E-state index contributed by atoms with van der Waals surface area (Å²) >= 11 is 0. The van der Waals surface area contributed by atoms with Gasteiger partial charge in [0.05, 0.1) is 46.2 Å². The number of hydrogen-bond donors (Lipinski definition) is 1. The van der Waals surface area contributed by atoms with Crippen LogP contribution in [0.25, 0.3) is 0 Å². The molecule has 0 aliphatic heterocycles. The fraction of sp³-hybridized carbons (Fsp3) is 0.947. The Kier molecular flexibility index (Phi) is 15.1. The van der Waals surface area contributed by atoms with E-state index in [9.17, 15) is 4.79 Å². The number of nitrogens with one attached hydrogen (secondary N) is 1. The van der Waals surface area contributed by atoms with Crippen LogP contribution >= 0.6 is 0 Å². The van der Waals surface area contributed by atoms with Crippen molar-refractivity contribution in [2.75, 3.05) is 59.4 Å². The van der Waals surface area contributed by atoms with Crippen molar-refractivity contribution in [1.29, 1.82) is 0 Å². The van der Waals surface area contributed by atoms with Gasteiger partial charge in [0.25, 0.3) is 0 Å². The van der Waals surface area contributed by atoms with Gasteiger partial charge >= 0.3 is 0 Å². The molecule has 0 saturated carbocycles. The third-order valence-corrected chi connectivity index (χ3v) is 3.40. The van der Waals surface area contributed by atoms with Crippen LogP contribution in [0.2, 0.25) is 0 Å². The predicted octanol–water partition coefficient (Wildman–Crippen LogP) is 2.65. The minimum absolute atomic E-state index is 0.0356. The lowest BCUT2D eigenvalue weighted by atomic mass is 9.96. The molecule has 0 aromatic heterocycles. The number of ether oxygens (including phenoxy) is 4. The molecular weight excluding hydrogens is 322 g/mol. The smallest absolute Gasteiger partial charge is 0.225 e. The molecule has 0 aromatic rings. The second-order valence-corrected chi connectivity index (χ2v) is 7.49. The van der Waals surface area contributed by atoms with Gasteiger partial charge in [-0.05, 0) is 18.8 Å². The van der Waals surface area contributed by atoms with Gasteiger partial charge in [-0.2, -0.15) is 0 Å². The largest absolute Gasteiger partial charge is 0.379 e. The van der Waals surface area contributed by atoms with Gasteiger partial charge < -0.3 is 24.3 Å². The molecule has 0 rings (SSSR count). The van der Waals surface area contributed by atoms with Crippen molar-refractivity contribution in [2.45, 2.75) is 47.5 Å². The summed E-state index contributed by atoms with van der Waals surface area (Å²) in [5, 5.41) is 2.83. The van der Waals surface area contributed by atoms with E-state index < -0.39 is 0 Å². The van der Waals surface area contributed by atoms with Crippen molar-refractivity contribution < 1.29 is 23.7 Å². The Hall–Kier alpha value is -0.690. The Morgan fingerprint density at radius 2 is 1.24 bits per heavy atom. The van der Waals surface area contributed by atoms with E-state index >= 15 is 0 Å². The van der Waals surface area contributed by atoms with Crippen molar-refractivity contribution in [2.24, 2.45) is 11.3 Å². The fourth-order valence-corrected chi connectivity index (χ4v) is 1.86. The highest BCUT2D eigenvalue weighted by Gasteiger charge is 2.20. The maximum absolute atomic E-state index is 11.6. The van der Waals surface area contributed by atoms with E-state index in [1.54, 1.807) is 0 Å². The Bertz CT molecular complexity index is 315. The number of amides is 1. The summed E-state index contributed by atoms with van der Waals surface area (Å²) < 4.78 is 21.7. The van der Waals surface area contributed by atoms with E-state index in [1.165, 1.54) is 6.42 Å². The molecule has 0 aliphatic rings. The van der Waals surface area contributed by atoms with Gasteiger partial charge in [0, 0.05) is 18.6 Å². The summed E-state index contributed by atoms with van der Waals surface area (Å²) in [7, 11) is 0. The van der Waals surface area contributed by atoms with Crippen LogP contribution < -0.4 is 5.32 Å². The first-order valence-corrected chi connectivity index (χ1v) is 9.43. The van der Waals surface area contributed by atoms with Crippen molar-refractivity contribution in [3.63, 3.8) is 0 Å². The first-order chi connectivity index (χ1) is 11.8. The Balaban J connectivity index is 3.13. The topological polar surface area (TPSA) is 66.0 Å². The molecule has 0 heterocycles. The average Bonchev–Trinajstić information content (AvgIpc) is 2.53. The van der Waals surface area contributed by atoms with E-state index in [0.29, 0.717) is 52.8 Å². The fourth-order valence-electron chi connectivity index (χ4n) is 1.86. The summed E-state index contributed by atoms with van der Waals surface area (Å²) in [6.45, 7) is 15.3. The first kappa shape index (κ1) is 24.3. The molecule has 0 aliphatic carbocycles. The zero-order valence-corrected chi connectivity index (χ0v) is 16.9. The van der Waals surface area contributed by atoms with Crippen LogP contribution in [-0.2, 0) is 23.7 Å². The molecule has 6 heteroatoms. The van der Waals surface area contributed by atoms with Crippen LogP contribution in [0, 0.1) is 11.3 Å². The van der Waals surface area contributed by atoms with E-state index in [2.05, 4.69) is 19.2 Å². The highest BCUT2D eigenvalue weighted by Crippen LogP contribution is 2.11. The Labute approximate surface area is 153 Å². The van der Waals surface area contributed by atoms with Crippen molar-refractivity contribution >= 4 is 5.91 Å². The standard InChI is InChI=1S/C19H39NO5/c1-17(2)7-6-9-22-11-13-24-15-16-25-14-12-23-10-8-20-18(21)19(3,4)5/h17H,6-16H2,1-5H3,(H,20,21). The number of hydrogen-bond acceptors (Lipinski definition) is 5. The molecule has 6 nitrogen and oxygen atoms in total. The average molecular weight is 362 g/mol. The van der Waals surface area contributed by atoms with Crippen LogP contribution in [0.15, 0.2) is 0 Å². The third kappa shape index (κ3) is 17.9. The van der Waals surface area contributed by atoms with Gasteiger partial charge in [-0.1, -0.05) is 34.6 Å². The van der Waals surface area contributed by atoms with Crippen LogP contribution in [0.1, 0.15) is 47.5 Å². The van der Waals surface area contributed by atoms with Crippen molar-refractivity contribution in [3.05, 3.63) is 0 Å². The molecule has 1 N–H and O–H groups in total. The summed E-state index contributed by atoms with van der Waals surface area (Å²) in [6.07, 6.45) is 2.32. The Morgan fingerprint density at radius 3 is 1.68 bits per heavy atom. The molecule has 150 valence electrons. The van der Waals surface area contributed by atoms with E-state index in [-0.39, 0.29) is 11.3 Å². The molecule has 0 unspecified atom stereocenters. The van der Waals surface area contributed by atoms with E-state index in [4.69, 9.17) is 18.9 Å². The number of carbonyl (C=O) groups excluding carboxylic acids is 1. The monoisotopic (exact) mass is 361 g/mol. The molecule has 1 amide bonds. The summed E-state index contributed by atoms with van der Waals surface area (Å²) in [4.78, 5) is 11.6. The maximum Gasteiger partial charge on any atom is 0.225 e. The SMILES string of the molecule is CC(C)CCCOCCOCCOCCOCCNC(=O)C(C)(C)C. The highest BCUT2D eigenvalue weighted by molar-refractivity contribution is 5.81. The first-order valence-electron chi connectivity index (χ1n) is 9.43. The van der Waals surface area contributed by atoms with Gasteiger partial charge in [0.15, 0.2) is 0 Å². The summed E-state index contributed by atoms with van der Waals surface area (Å²) in [5.41, 5.74) is -0.359. The normalized spacial score (nSPS) is 11.9. The van der Waals surface area contributed by atoms with Gasteiger partial charge in [0.2, 0.25) is 5.91 Å². The van der Waals surface area contributed by atoms with Gasteiger partial charge in [-0.15, -0.1) is 0 Å². The molecular formula is C19H39NO5. The third-order valence-electron chi connectivity index (χ3n) is 3.40. The minimum atomic E-state index is -0.359. The molecule has 0 saturated heterocycles. The van der Waals surface area contributed by atoms with Crippen molar-refractivity contribution in [3.8, 4) is 0 Å². The van der Waals surface area contributed by atoms with Gasteiger partial charge in [0.1, 0.15) is 0 Å². The quantitative estimate of drug-likeness (QED) is 0.428. The zero-order valence-electron chi connectivity index (χ0n) is 16.9. The lowest BCUT2D eigenvalue weighted by Gasteiger charge is -2.17. The Morgan fingerprint density at radius 1 is 0.800 bits per heavy atom. The van der Waals surface area contributed by atoms with Crippen LogP contribution in [-0.4, -0.2) is 65.3 Å². The molecule has 0 bridgehead atoms. The molecule has 0 aromatic carbocycles. The van der Waals surface area contributed by atoms with Crippen LogP contribution in [0.5, 0.6) is 0 Å². The van der Waals surface area contributed by atoms with E-state index in [0.717, 1.165) is 18.9 Å². The van der Waals surface area contributed by atoms with Crippen LogP contribution in [0.4, 0.5) is 0 Å². The molecule has 0 atom stereocenters. The van der Waals surface area contributed by atoms with Crippen molar-refractivity contribution in [1.82, 2.24) is 5.32 Å². The minimum Gasteiger partial charge on any atom is -0.379 e. The molecule has 0 radical (unpaired) electrons. The van der Waals surface area contributed by atoms with Crippen LogP contribution in [0.3, 0.4) is 0 Å². The summed E-state index contributed by atoms with van der Waals surface area (Å²) in [5.74, 6) is 0.775. The molecule has 0 fully saturated rings. The predicted molar refractivity (Wildman–Crippen MR) is 99.8 cm³/mol. The second kappa shape index (κ2) is 15.6. The zero-order chi connectivity index (χ0) is 19.0.